The summed E-state index contributed by atoms with van der Waals surface area (Å²) in [6, 6.07) is 1.09. The standard InChI is InChI=1S/C13H25N3O/c1-16(12-9-14-10-12)8-7-13(17)15-11-5-3-2-4-6-11/h11-12,14H,2-10H2,1H3,(H,15,17). The quantitative estimate of drug-likeness (QED) is 0.743. The zero-order valence-corrected chi connectivity index (χ0v) is 10.9. The predicted octanol–water partition coefficient (Wildman–Crippen LogP) is 0.729. The van der Waals surface area contributed by atoms with Crippen LogP contribution < -0.4 is 10.6 Å². The summed E-state index contributed by atoms with van der Waals surface area (Å²) in [5.41, 5.74) is 0. The minimum absolute atomic E-state index is 0.232. The van der Waals surface area contributed by atoms with Crippen molar-refractivity contribution in [2.75, 3.05) is 26.7 Å². The van der Waals surface area contributed by atoms with E-state index in [1.165, 1.54) is 32.1 Å². The van der Waals surface area contributed by atoms with E-state index in [1.807, 2.05) is 0 Å². The third-order valence-electron chi connectivity index (χ3n) is 4.05. The number of amides is 1. The van der Waals surface area contributed by atoms with E-state index < -0.39 is 0 Å². The molecule has 0 atom stereocenters. The molecule has 2 N–H and O–H groups in total. The summed E-state index contributed by atoms with van der Waals surface area (Å²) in [4.78, 5) is 14.1. The number of nitrogens with one attached hydrogen (secondary N) is 2. The van der Waals surface area contributed by atoms with Gasteiger partial charge in [-0.1, -0.05) is 19.3 Å². The van der Waals surface area contributed by atoms with Crippen LogP contribution in [0.2, 0.25) is 0 Å². The number of hydrogen-bond acceptors (Lipinski definition) is 3. The molecule has 2 fully saturated rings. The van der Waals surface area contributed by atoms with Crippen LogP contribution in [-0.4, -0.2) is 49.6 Å². The minimum Gasteiger partial charge on any atom is -0.353 e. The average molecular weight is 239 g/mol. The number of carbonyl (C=O) groups excluding carboxylic acids is 1. The molecule has 1 aliphatic heterocycles. The lowest BCUT2D eigenvalue weighted by molar-refractivity contribution is -0.122. The molecule has 2 rings (SSSR count). The van der Waals surface area contributed by atoms with Gasteiger partial charge in [0.25, 0.3) is 0 Å². The summed E-state index contributed by atoms with van der Waals surface area (Å²) in [5, 5.41) is 6.42. The molecular weight excluding hydrogens is 214 g/mol. The Morgan fingerprint density at radius 2 is 2.00 bits per heavy atom. The third-order valence-corrected chi connectivity index (χ3v) is 4.05. The summed E-state index contributed by atoms with van der Waals surface area (Å²) < 4.78 is 0. The van der Waals surface area contributed by atoms with Crippen LogP contribution in [0.25, 0.3) is 0 Å². The fourth-order valence-corrected chi connectivity index (χ4v) is 2.59. The first-order chi connectivity index (χ1) is 8.25. The normalized spacial score (nSPS) is 22.5. The molecule has 0 aromatic carbocycles. The predicted molar refractivity (Wildman–Crippen MR) is 68.9 cm³/mol. The molecule has 2 aliphatic rings. The molecule has 1 saturated carbocycles. The van der Waals surface area contributed by atoms with E-state index in [1.54, 1.807) is 0 Å². The van der Waals surface area contributed by atoms with Gasteiger partial charge in [0.1, 0.15) is 0 Å². The molecule has 17 heavy (non-hydrogen) atoms. The van der Waals surface area contributed by atoms with Crippen molar-refractivity contribution in [3.05, 3.63) is 0 Å². The van der Waals surface area contributed by atoms with Gasteiger partial charge in [0.2, 0.25) is 5.91 Å². The summed E-state index contributed by atoms with van der Waals surface area (Å²) in [6.07, 6.45) is 6.88. The summed E-state index contributed by atoms with van der Waals surface area (Å²) >= 11 is 0. The monoisotopic (exact) mass is 239 g/mol. The van der Waals surface area contributed by atoms with Crippen molar-refractivity contribution in [2.45, 2.75) is 50.6 Å². The van der Waals surface area contributed by atoms with Crippen molar-refractivity contribution in [3.8, 4) is 0 Å². The van der Waals surface area contributed by atoms with E-state index in [-0.39, 0.29) is 5.91 Å². The zero-order valence-electron chi connectivity index (χ0n) is 10.9. The van der Waals surface area contributed by atoms with Crippen LogP contribution in [0.15, 0.2) is 0 Å². The Kier molecular flexibility index (Phi) is 4.80. The van der Waals surface area contributed by atoms with E-state index in [2.05, 4.69) is 22.6 Å². The maximum Gasteiger partial charge on any atom is 0.221 e. The first kappa shape index (κ1) is 12.8. The van der Waals surface area contributed by atoms with Crippen LogP contribution in [0.4, 0.5) is 0 Å². The molecular formula is C13H25N3O. The van der Waals surface area contributed by atoms with Crippen molar-refractivity contribution in [1.29, 1.82) is 0 Å². The Bertz CT molecular complexity index is 247. The van der Waals surface area contributed by atoms with Gasteiger partial charge in [0, 0.05) is 38.1 Å². The maximum absolute atomic E-state index is 11.8. The van der Waals surface area contributed by atoms with Gasteiger partial charge >= 0.3 is 0 Å². The highest BCUT2D eigenvalue weighted by molar-refractivity contribution is 5.76. The van der Waals surface area contributed by atoms with E-state index in [0.29, 0.717) is 18.5 Å². The summed E-state index contributed by atoms with van der Waals surface area (Å²) in [5.74, 6) is 0.232. The van der Waals surface area contributed by atoms with Gasteiger partial charge in [-0.05, 0) is 19.9 Å². The molecule has 0 radical (unpaired) electrons. The molecule has 1 amide bonds. The minimum atomic E-state index is 0.232. The van der Waals surface area contributed by atoms with Crippen molar-refractivity contribution in [2.24, 2.45) is 0 Å². The van der Waals surface area contributed by atoms with Gasteiger partial charge in [-0.3, -0.25) is 4.79 Å². The zero-order chi connectivity index (χ0) is 12.1. The third kappa shape index (κ3) is 3.96. The maximum atomic E-state index is 11.8. The van der Waals surface area contributed by atoms with Crippen LogP contribution in [0.5, 0.6) is 0 Å². The second-order valence-electron chi connectivity index (χ2n) is 5.45. The van der Waals surface area contributed by atoms with Crippen LogP contribution in [0.1, 0.15) is 38.5 Å². The van der Waals surface area contributed by atoms with Crippen molar-refractivity contribution < 1.29 is 4.79 Å². The lowest BCUT2D eigenvalue weighted by atomic mass is 9.95. The Balaban J connectivity index is 1.59. The molecule has 1 heterocycles. The first-order valence-corrected chi connectivity index (χ1v) is 6.96. The van der Waals surface area contributed by atoms with E-state index >= 15 is 0 Å². The van der Waals surface area contributed by atoms with Crippen LogP contribution in [0, 0.1) is 0 Å². The number of nitrogens with zero attached hydrogens (tertiary/aromatic N) is 1. The highest BCUT2D eigenvalue weighted by Crippen LogP contribution is 2.17. The Morgan fingerprint density at radius 3 is 2.59 bits per heavy atom. The average Bonchev–Trinajstić information content (AvgIpc) is 2.25. The molecule has 0 bridgehead atoms. The SMILES string of the molecule is CN(CCC(=O)NC1CCCCC1)C1CNC1. The van der Waals surface area contributed by atoms with E-state index in [0.717, 1.165) is 19.6 Å². The van der Waals surface area contributed by atoms with Gasteiger partial charge in [0.05, 0.1) is 0 Å². The molecule has 0 spiro atoms. The van der Waals surface area contributed by atoms with Gasteiger partial charge in [-0.2, -0.15) is 0 Å². The number of hydrogen-bond donors (Lipinski definition) is 2. The fourth-order valence-electron chi connectivity index (χ4n) is 2.59. The second kappa shape index (κ2) is 6.36. The lowest BCUT2D eigenvalue weighted by Gasteiger charge is -2.35. The summed E-state index contributed by atoms with van der Waals surface area (Å²) in [6.45, 7) is 3.02. The fraction of sp³-hybridized carbons (Fsp3) is 0.923. The molecule has 0 unspecified atom stereocenters. The van der Waals surface area contributed by atoms with Gasteiger partial charge in [-0.25, -0.2) is 0 Å². The highest BCUT2D eigenvalue weighted by atomic mass is 16.1. The van der Waals surface area contributed by atoms with E-state index in [4.69, 9.17) is 0 Å². The Labute approximate surface area is 104 Å². The number of rotatable bonds is 5. The van der Waals surface area contributed by atoms with E-state index in [9.17, 15) is 4.79 Å². The number of carbonyl (C=O) groups is 1. The van der Waals surface area contributed by atoms with Gasteiger partial charge in [0.15, 0.2) is 0 Å². The smallest absolute Gasteiger partial charge is 0.221 e. The first-order valence-electron chi connectivity index (χ1n) is 6.96. The van der Waals surface area contributed by atoms with Crippen molar-refractivity contribution >= 4 is 5.91 Å². The van der Waals surface area contributed by atoms with Crippen molar-refractivity contribution in [1.82, 2.24) is 15.5 Å². The molecule has 1 saturated heterocycles. The molecule has 98 valence electrons. The second-order valence-corrected chi connectivity index (χ2v) is 5.45. The topological polar surface area (TPSA) is 44.4 Å². The van der Waals surface area contributed by atoms with Crippen molar-refractivity contribution in [3.63, 3.8) is 0 Å². The Hall–Kier alpha value is -0.610. The van der Waals surface area contributed by atoms with Gasteiger partial charge < -0.3 is 15.5 Å². The Morgan fingerprint density at radius 1 is 1.29 bits per heavy atom. The molecule has 4 nitrogen and oxygen atoms in total. The number of likely N-dealkylation sites (N-methyl/N-ethyl adjacent to an activating group) is 1. The van der Waals surface area contributed by atoms with Crippen LogP contribution >= 0.6 is 0 Å². The van der Waals surface area contributed by atoms with Gasteiger partial charge in [-0.15, -0.1) is 0 Å². The molecule has 4 heteroatoms. The van der Waals surface area contributed by atoms with Crippen LogP contribution in [-0.2, 0) is 4.79 Å². The molecule has 0 aromatic heterocycles. The molecule has 1 aliphatic carbocycles. The largest absolute Gasteiger partial charge is 0.353 e. The van der Waals surface area contributed by atoms with Crippen LogP contribution in [0.3, 0.4) is 0 Å². The highest BCUT2D eigenvalue weighted by Gasteiger charge is 2.22. The molecule has 0 aromatic rings. The summed E-state index contributed by atoms with van der Waals surface area (Å²) in [7, 11) is 2.11. The lowest BCUT2D eigenvalue weighted by Crippen LogP contribution is -2.56.